The van der Waals surface area contributed by atoms with Gasteiger partial charge >= 0.3 is 5.97 Å². The minimum atomic E-state index is -0.317. The number of rotatable bonds is 4. The summed E-state index contributed by atoms with van der Waals surface area (Å²) in [5.41, 5.74) is 6.54. The van der Waals surface area contributed by atoms with Crippen LogP contribution in [0, 0.1) is 6.92 Å². The van der Waals surface area contributed by atoms with Gasteiger partial charge in [0, 0.05) is 28.2 Å². The number of aryl methyl sites for hydroxylation is 1. The van der Waals surface area contributed by atoms with Gasteiger partial charge in [-0.15, -0.1) is 0 Å². The SMILES string of the molecule is COC(=O)C1=C(c2ccccc2)c2c(-c3ccccc3)oc(C)c2C1c1ccccc1. The van der Waals surface area contributed by atoms with E-state index in [9.17, 15) is 4.79 Å². The van der Waals surface area contributed by atoms with Crippen molar-refractivity contribution in [1.29, 1.82) is 0 Å². The van der Waals surface area contributed by atoms with Gasteiger partial charge in [0.1, 0.15) is 11.5 Å². The quantitative estimate of drug-likeness (QED) is 0.369. The molecule has 1 heterocycles. The molecular formula is C28H22O3. The summed E-state index contributed by atoms with van der Waals surface area (Å²) in [6, 6.07) is 30.2. The smallest absolute Gasteiger partial charge is 0.335 e. The summed E-state index contributed by atoms with van der Waals surface area (Å²) in [6.45, 7) is 1.98. The van der Waals surface area contributed by atoms with Gasteiger partial charge in [-0.25, -0.2) is 4.79 Å². The van der Waals surface area contributed by atoms with E-state index in [1.165, 1.54) is 7.11 Å². The van der Waals surface area contributed by atoms with E-state index in [0.717, 1.165) is 44.9 Å². The minimum absolute atomic E-state index is 0.250. The number of methoxy groups -OCH3 is 1. The van der Waals surface area contributed by atoms with Crippen molar-refractivity contribution in [3.8, 4) is 11.3 Å². The van der Waals surface area contributed by atoms with Crippen LogP contribution in [0.2, 0.25) is 0 Å². The number of carbonyl (C=O) groups is 1. The van der Waals surface area contributed by atoms with Crippen molar-refractivity contribution >= 4 is 11.5 Å². The maximum atomic E-state index is 13.2. The van der Waals surface area contributed by atoms with Crippen molar-refractivity contribution in [3.05, 3.63) is 125 Å². The molecule has 1 aliphatic carbocycles. The van der Waals surface area contributed by atoms with Crippen molar-refractivity contribution in [3.63, 3.8) is 0 Å². The Morgan fingerprint density at radius 2 is 1.35 bits per heavy atom. The Morgan fingerprint density at radius 1 is 0.806 bits per heavy atom. The van der Waals surface area contributed by atoms with Gasteiger partial charge in [-0.05, 0) is 18.1 Å². The van der Waals surface area contributed by atoms with Crippen molar-refractivity contribution in [1.82, 2.24) is 0 Å². The summed E-state index contributed by atoms with van der Waals surface area (Å²) in [5, 5.41) is 0. The molecule has 0 saturated heterocycles. The third kappa shape index (κ3) is 3.10. The summed E-state index contributed by atoms with van der Waals surface area (Å²) >= 11 is 0. The summed E-state index contributed by atoms with van der Waals surface area (Å²) in [4.78, 5) is 13.2. The fraction of sp³-hybridized carbons (Fsp3) is 0.107. The van der Waals surface area contributed by atoms with E-state index in [1.54, 1.807) is 0 Å². The van der Waals surface area contributed by atoms with Crippen molar-refractivity contribution < 1.29 is 13.9 Å². The molecule has 1 unspecified atom stereocenters. The lowest BCUT2D eigenvalue weighted by molar-refractivity contribution is -0.136. The van der Waals surface area contributed by atoms with Crippen LogP contribution in [-0.4, -0.2) is 13.1 Å². The third-order valence-electron chi connectivity index (χ3n) is 5.86. The predicted octanol–water partition coefficient (Wildman–Crippen LogP) is 6.38. The van der Waals surface area contributed by atoms with Crippen LogP contribution in [0.4, 0.5) is 0 Å². The molecule has 1 aromatic heterocycles. The molecule has 0 spiro atoms. The third-order valence-corrected chi connectivity index (χ3v) is 5.86. The largest absolute Gasteiger partial charge is 0.466 e. The molecule has 0 N–H and O–H groups in total. The first-order chi connectivity index (χ1) is 15.2. The van der Waals surface area contributed by atoms with Crippen LogP contribution in [0.25, 0.3) is 16.9 Å². The van der Waals surface area contributed by atoms with Crippen LogP contribution in [0.3, 0.4) is 0 Å². The molecule has 0 saturated carbocycles. The van der Waals surface area contributed by atoms with E-state index >= 15 is 0 Å². The predicted molar refractivity (Wildman–Crippen MR) is 122 cm³/mol. The maximum Gasteiger partial charge on any atom is 0.335 e. The molecule has 1 atom stereocenters. The van der Waals surface area contributed by atoms with Gasteiger partial charge in [0.05, 0.1) is 12.7 Å². The Bertz CT molecular complexity index is 1270. The van der Waals surface area contributed by atoms with E-state index in [0.29, 0.717) is 5.57 Å². The summed E-state index contributed by atoms with van der Waals surface area (Å²) < 4.78 is 11.6. The number of benzene rings is 3. The molecule has 1 aliphatic rings. The van der Waals surface area contributed by atoms with Crippen LogP contribution in [0.1, 0.15) is 33.9 Å². The monoisotopic (exact) mass is 406 g/mol. The Hall–Kier alpha value is -3.85. The molecule has 0 radical (unpaired) electrons. The topological polar surface area (TPSA) is 39.4 Å². The number of fused-ring (bicyclic) bond motifs is 1. The number of esters is 1. The van der Waals surface area contributed by atoms with E-state index in [4.69, 9.17) is 9.15 Å². The zero-order valence-electron chi connectivity index (χ0n) is 17.5. The van der Waals surface area contributed by atoms with Crippen molar-refractivity contribution in [2.24, 2.45) is 0 Å². The molecule has 31 heavy (non-hydrogen) atoms. The first-order valence-corrected chi connectivity index (χ1v) is 10.3. The van der Waals surface area contributed by atoms with Gasteiger partial charge in [0.25, 0.3) is 0 Å². The average molecular weight is 406 g/mol. The normalized spacial score (nSPS) is 15.1. The van der Waals surface area contributed by atoms with Crippen molar-refractivity contribution in [2.75, 3.05) is 7.11 Å². The molecule has 5 rings (SSSR count). The first-order valence-electron chi connectivity index (χ1n) is 10.3. The molecule has 0 amide bonds. The molecular weight excluding hydrogens is 384 g/mol. The highest BCUT2D eigenvalue weighted by molar-refractivity contribution is 6.09. The van der Waals surface area contributed by atoms with Gasteiger partial charge in [0.2, 0.25) is 0 Å². The molecule has 152 valence electrons. The molecule has 3 aromatic carbocycles. The lowest BCUT2D eigenvalue weighted by Gasteiger charge is -2.16. The average Bonchev–Trinajstić information content (AvgIpc) is 3.36. The number of ether oxygens (including phenoxy) is 1. The molecule has 3 nitrogen and oxygen atoms in total. The lowest BCUT2D eigenvalue weighted by atomic mass is 9.88. The van der Waals surface area contributed by atoms with Crippen LogP contribution < -0.4 is 0 Å². The number of furan rings is 1. The zero-order chi connectivity index (χ0) is 21.4. The fourth-order valence-electron chi connectivity index (χ4n) is 4.58. The Balaban J connectivity index is 1.89. The number of carbonyl (C=O) groups excluding carboxylic acids is 1. The molecule has 3 heteroatoms. The second kappa shape index (κ2) is 7.77. The lowest BCUT2D eigenvalue weighted by Crippen LogP contribution is -2.13. The maximum absolute atomic E-state index is 13.2. The zero-order valence-corrected chi connectivity index (χ0v) is 17.5. The van der Waals surface area contributed by atoms with Gasteiger partial charge in [-0.2, -0.15) is 0 Å². The fourth-order valence-corrected chi connectivity index (χ4v) is 4.58. The van der Waals surface area contributed by atoms with Crippen molar-refractivity contribution in [2.45, 2.75) is 12.8 Å². The highest BCUT2D eigenvalue weighted by Gasteiger charge is 2.42. The van der Waals surface area contributed by atoms with Crippen LogP contribution in [0.15, 0.2) is 101 Å². The summed E-state index contributed by atoms with van der Waals surface area (Å²) in [7, 11) is 1.44. The second-order valence-corrected chi connectivity index (χ2v) is 7.63. The Morgan fingerprint density at radius 3 is 1.94 bits per heavy atom. The number of hydrogen-bond donors (Lipinski definition) is 0. The van der Waals surface area contributed by atoms with Crippen LogP contribution >= 0.6 is 0 Å². The van der Waals surface area contributed by atoms with Gasteiger partial charge in [-0.3, -0.25) is 0 Å². The van der Waals surface area contributed by atoms with Crippen LogP contribution in [-0.2, 0) is 9.53 Å². The van der Waals surface area contributed by atoms with Crippen LogP contribution in [0.5, 0.6) is 0 Å². The Kier molecular flexibility index (Phi) is 4.79. The molecule has 0 bridgehead atoms. The Labute approximate surface area is 181 Å². The first kappa shape index (κ1) is 19.1. The van der Waals surface area contributed by atoms with E-state index in [-0.39, 0.29) is 11.9 Å². The minimum Gasteiger partial charge on any atom is -0.466 e. The van der Waals surface area contributed by atoms with E-state index in [1.807, 2.05) is 85.8 Å². The summed E-state index contributed by atoms with van der Waals surface area (Å²) in [5.74, 6) is 1.03. The van der Waals surface area contributed by atoms with Gasteiger partial charge in [0.15, 0.2) is 0 Å². The second-order valence-electron chi connectivity index (χ2n) is 7.63. The standard InChI is InChI=1S/C28H22O3/c1-18-22-23(19-12-6-3-7-13-19)26(28(29)30-2)24(20-14-8-4-9-15-20)25(22)27(31-18)21-16-10-5-11-17-21/h3-17,23H,1-2H3. The number of hydrogen-bond acceptors (Lipinski definition) is 3. The van der Waals surface area contributed by atoms with Gasteiger partial charge < -0.3 is 9.15 Å². The molecule has 0 aliphatic heterocycles. The summed E-state index contributed by atoms with van der Waals surface area (Å²) in [6.07, 6.45) is 0. The molecule has 4 aromatic rings. The highest BCUT2D eigenvalue weighted by atomic mass is 16.5. The van der Waals surface area contributed by atoms with E-state index < -0.39 is 0 Å². The van der Waals surface area contributed by atoms with Gasteiger partial charge in [-0.1, -0.05) is 91.0 Å². The highest BCUT2D eigenvalue weighted by Crippen LogP contribution is 2.54. The van der Waals surface area contributed by atoms with E-state index in [2.05, 4.69) is 12.1 Å². The molecule has 0 fully saturated rings.